The molecule has 0 radical (unpaired) electrons. The van der Waals surface area contributed by atoms with E-state index in [2.05, 4.69) is 59.9 Å². The zero-order valence-electron chi connectivity index (χ0n) is 42.7. The third-order valence-corrected chi connectivity index (χ3v) is 15.8. The standard InChI is InChI=1S/C52H72N10O7S/c1-11-61-40-19-18-34-27-36(40)37(46(61)35-15-12-20-53-44(35)33(4)68-10)29-52(5,6)31-69-50(66)38-16-13-22-62(55-38)48(64)42(28-43-54-39(34)30-70-43)57(8)49(65)45(32(2)3)58(9)51(67)60-25-23-59(24-26-60)47(63)41-17-14-21-56(41)7/h12,15,18-20,27,30,32-33,38,41-42,45,55H,11,13-14,16-17,21-26,28-29,31H2,1-10H3/t33-,38-,41+,42-,45-/m0/s1. The first kappa shape index (κ1) is 50.9. The van der Waals surface area contributed by atoms with Gasteiger partial charge in [0.2, 0.25) is 11.8 Å². The van der Waals surface area contributed by atoms with Crippen LogP contribution in [-0.2, 0) is 48.0 Å². The van der Waals surface area contributed by atoms with Crippen molar-refractivity contribution in [3.05, 3.63) is 58.2 Å². The fraction of sp³-hybridized carbons (Fsp3) is 0.596. The largest absolute Gasteiger partial charge is 0.464 e. The summed E-state index contributed by atoms with van der Waals surface area (Å²) in [5.41, 5.74) is 9.35. The monoisotopic (exact) mass is 981 g/mol. The van der Waals surface area contributed by atoms with Crippen LogP contribution in [0.4, 0.5) is 4.79 Å². The number of amides is 5. The highest BCUT2D eigenvalue weighted by Gasteiger charge is 2.42. The Kier molecular flexibility index (Phi) is 15.4. The number of likely N-dealkylation sites (tertiary alicyclic amines) is 1. The van der Waals surface area contributed by atoms with E-state index in [0.29, 0.717) is 63.5 Å². The SMILES string of the molecule is CCn1c(-c2cccnc2[C@H](C)OC)c2c3cc(ccc31)-c1csc(n1)C[C@H](N(C)C(=O)[C@H](C(C)C)N(C)C(=O)N1CCN(C(=O)[C@H]3CCCN3C)CC1)C(=O)N1CCC[C@H](N1)C(=O)OCC(C)(C)C2. The molecular formula is C52H72N10O7S. The molecule has 4 aromatic rings. The number of rotatable bonds is 9. The van der Waals surface area contributed by atoms with Crippen molar-refractivity contribution in [2.75, 3.05) is 74.1 Å². The van der Waals surface area contributed by atoms with Gasteiger partial charge in [0, 0.05) is 106 Å². The fourth-order valence-corrected chi connectivity index (χ4v) is 11.7. The van der Waals surface area contributed by atoms with E-state index in [9.17, 15) is 24.0 Å². The van der Waals surface area contributed by atoms with Crippen LogP contribution in [0.2, 0.25) is 0 Å². The fourth-order valence-electron chi connectivity index (χ4n) is 10.9. The number of carbonyl (C=O) groups excluding carboxylic acids is 5. The molecule has 17 nitrogen and oxygen atoms in total. The molecular weight excluding hydrogens is 909 g/mol. The minimum atomic E-state index is -1.03. The summed E-state index contributed by atoms with van der Waals surface area (Å²) < 4.78 is 14.3. The molecule has 378 valence electrons. The third-order valence-electron chi connectivity index (χ3n) is 14.9. The Morgan fingerprint density at radius 3 is 2.41 bits per heavy atom. The Morgan fingerprint density at radius 2 is 1.73 bits per heavy atom. The minimum absolute atomic E-state index is 0.104. The smallest absolute Gasteiger partial charge is 0.324 e. The lowest BCUT2D eigenvalue weighted by molar-refractivity contribution is -0.158. The lowest BCUT2D eigenvalue weighted by Crippen LogP contribution is -2.63. The van der Waals surface area contributed by atoms with Crippen LogP contribution < -0.4 is 5.43 Å². The van der Waals surface area contributed by atoms with E-state index in [0.717, 1.165) is 64.1 Å². The van der Waals surface area contributed by atoms with Gasteiger partial charge in [0.25, 0.3) is 5.91 Å². The van der Waals surface area contributed by atoms with Crippen molar-refractivity contribution in [1.29, 1.82) is 0 Å². The number of cyclic esters (lactones) is 1. The molecule has 0 saturated carbocycles. The average molecular weight is 981 g/mol. The molecule has 1 aromatic carbocycles. The number of benzene rings is 1. The second-order valence-electron chi connectivity index (χ2n) is 20.7. The van der Waals surface area contributed by atoms with Crippen molar-refractivity contribution in [3.8, 4) is 22.5 Å². The van der Waals surface area contributed by atoms with E-state index in [1.54, 1.807) is 32.3 Å². The Hall–Kier alpha value is -5.43. The minimum Gasteiger partial charge on any atom is -0.464 e. The highest BCUT2D eigenvalue weighted by Crippen LogP contribution is 2.42. The van der Waals surface area contributed by atoms with Gasteiger partial charge in [-0.25, -0.2) is 15.2 Å². The first-order valence-corrected chi connectivity index (χ1v) is 25.9. The summed E-state index contributed by atoms with van der Waals surface area (Å²) in [4.78, 5) is 90.0. The number of nitrogens with zero attached hydrogens (tertiary/aromatic N) is 9. The van der Waals surface area contributed by atoms with Gasteiger partial charge in [0.05, 0.1) is 40.8 Å². The number of urea groups is 1. The number of hydrogen-bond acceptors (Lipinski definition) is 12. The second-order valence-corrected chi connectivity index (χ2v) is 21.7. The van der Waals surface area contributed by atoms with Gasteiger partial charge in [-0.1, -0.05) is 33.8 Å². The van der Waals surface area contributed by atoms with Crippen molar-refractivity contribution >= 4 is 52.0 Å². The summed E-state index contributed by atoms with van der Waals surface area (Å²) in [5, 5.41) is 5.17. The van der Waals surface area contributed by atoms with Gasteiger partial charge in [-0.05, 0) is 95.3 Å². The number of esters is 1. The van der Waals surface area contributed by atoms with Crippen LogP contribution in [0.15, 0.2) is 41.9 Å². The number of thiazole rings is 1. The molecule has 4 aliphatic rings. The zero-order valence-corrected chi connectivity index (χ0v) is 43.5. The maximum absolute atomic E-state index is 15.0. The van der Waals surface area contributed by atoms with Crippen LogP contribution in [0.3, 0.4) is 0 Å². The second kappa shape index (κ2) is 21.1. The molecule has 7 heterocycles. The maximum Gasteiger partial charge on any atom is 0.324 e. The number of carbonyl (C=O) groups is 5. The summed E-state index contributed by atoms with van der Waals surface area (Å²) >= 11 is 1.43. The van der Waals surface area contributed by atoms with Crippen LogP contribution in [0.1, 0.15) is 89.6 Å². The van der Waals surface area contributed by atoms with Crippen molar-refractivity contribution in [2.24, 2.45) is 11.3 Å². The molecule has 5 atom stereocenters. The van der Waals surface area contributed by atoms with Crippen molar-refractivity contribution < 1.29 is 33.4 Å². The van der Waals surface area contributed by atoms with E-state index in [1.165, 1.54) is 26.1 Å². The van der Waals surface area contributed by atoms with Crippen LogP contribution in [-0.4, -0.2) is 172 Å². The highest BCUT2D eigenvalue weighted by atomic mass is 32.1. The lowest BCUT2D eigenvalue weighted by atomic mass is 9.84. The van der Waals surface area contributed by atoms with E-state index < -0.39 is 29.5 Å². The zero-order chi connectivity index (χ0) is 50.2. The molecule has 3 saturated heterocycles. The molecule has 1 N–H and O–H groups in total. The van der Waals surface area contributed by atoms with Crippen molar-refractivity contribution in [1.82, 2.24) is 49.5 Å². The number of methoxy groups -OCH3 is 1. The summed E-state index contributed by atoms with van der Waals surface area (Å²) in [5.74, 6) is -1.42. The van der Waals surface area contributed by atoms with Crippen molar-refractivity contribution in [3.63, 3.8) is 0 Å². The van der Waals surface area contributed by atoms with Crippen LogP contribution in [0.5, 0.6) is 0 Å². The first-order valence-electron chi connectivity index (χ1n) is 25.0. The summed E-state index contributed by atoms with van der Waals surface area (Å²) in [7, 11) is 6.93. The average Bonchev–Trinajstić information content (AvgIpc) is 4.10. The molecule has 18 heteroatoms. The number of nitrogens with one attached hydrogen (secondary N) is 1. The number of aryl methyl sites for hydroxylation is 1. The van der Waals surface area contributed by atoms with Crippen molar-refractivity contribution in [2.45, 2.75) is 117 Å². The highest BCUT2D eigenvalue weighted by molar-refractivity contribution is 7.10. The Balaban J connectivity index is 1.12. The predicted octanol–water partition coefficient (Wildman–Crippen LogP) is 5.86. The van der Waals surface area contributed by atoms with E-state index in [4.69, 9.17) is 19.4 Å². The van der Waals surface area contributed by atoms with Gasteiger partial charge in [-0.2, -0.15) is 0 Å². The molecule has 6 bridgehead atoms. The van der Waals surface area contributed by atoms with Gasteiger partial charge >= 0.3 is 12.0 Å². The number of pyridine rings is 1. The molecule has 0 aliphatic carbocycles. The van der Waals surface area contributed by atoms with Gasteiger partial charge < -0.3 is 33.6 Å². The van der Waals surface area contributed by atoms with E-state index in [1.807, 2.05) is 44.2 Å². The number of hydrazine groups is 1. The normalized spacial score (nSPS) is 22.2. The molecule has 0 spiro atoms. The number of hydrogen-bond donors (Lipinski definition) is 1. The van der Waals surface area contributed by atoms with Gasteiger partial charge in [-0.15, -0.1) is 11.3 Å². The number of likely N-dealkylation sites (N-methyl/N-ethyl adjacent to an activating group) is 3. The van der Waals surface area contributed by atoms with Crippen LogP contribution >= 0.6 is 11.3 Å². The Morgan fingerprint density at radius 1 is 1.00 bits per heavy atom. The summed E-state index contributed by atoms with van der Waals surface area (Å²) in [6.45, 7) is 15.7. The molecule has 3 aromatic heterocycles. The van der Waals surface area contributed by atoms with Gasteiger partial charge in [-0.3, -0.25) is 34.1 Å². The molecule has 70 heavy (non-hydrogen) atoms. The van der Waals surface area contributed by atoms with E-state index in [-0.39, 0.29) is 54.8 Å². The topological polar surface area (TPSA) is 166 Å². The number of ether oxygens (including phenoxy) is 2. The van der Waals surface area contributed by atoms with E-state index >= 15 is 0 Å². The maximum atomic E-state index is 15.0. The molecule has 3 fully saturated rings. The molecule has 5 amide bonds. The lowest BCUT2D eigenvalue weighted by Gasteiger charge is -2.42. The number of fused-ring (bicyclic) bond motifs is 6. The predicted molar refractivity (Wildman–Crippen MR) is 270 cm³/mol. The molecule has 4 aliphatic heterocycles. The summed E-state index contributed by atoms with van der Waals surface area (Å²) in [6.07, 6.45) is 5.07. The first-order chi connectivity index (χ1) is 33.4. The van der Waals surface area contributed by atoms with Gasteiger partial charge in [0.15, 0.2) is 0 Å². The number of piperazine rings is 1. The van der Waals surface area contributed by atoms with Gasteiger partial charge in [0.1, 0.15) is 18.1 Å². The van der Waals surface area contributed by atoms with Crippen LogP contribution in [0, 0.1) is 11.3 Å². The Labute approximate surface area is 416 Å². The molecule has 8 rings (SSSR count). The number of aromatic nitrogens is 3. The molecule has 0 unspecified atom stereocenters. The Bertz CT molecular complexity index is 2590. The third kappa shape index (κ3) is 10.2. The summed E-state index contributed by atoms with van der Waals surface area (Å²) in [6, 6.07) is 7.31. The van der Waals surface area contributed by atoms with Crippen LogP contribution in [0.25, 0.3) is 33.4 Å². The quantitative estimate of drug-likeness (QED) is 0.200.